The normalized spacial score (nSPS) is 11.2. The average molecular weight is 385 g/mol. The van der Waals surface area contributed by atoms with Gasteiger partial charge in [0.05, 0.1) is 15.6 Å². The first-order valence-electron chi connectivity index (χ1n) is 7.65. The second kappa shape index (κ2) is 7.84. The number of benzene rings is 2. The Morgan fingerprint density at radius 3 is 2.24 bits per heavy atom. The molecule has 0 aromatic heterocycles. The Labute approximate surface area is 151 Å². The van der Waals surface area contributed by atoms with Crippen LogP contribution in [0.1, 0.15) is 24.2 Å². The predicted molar refractivity (Wildman–Crippen MR) is 95.9 cm³/mol. The van der Waals surface area contributed by atoms with E-state index in [-0.39, 0.29) is 21.5 Å². The highest BCUT2D eigenvalue weighted by Crippen LogP contribution is 2.22. The van der Waals surface area contributed by atoms with Crippen LogP contribution in [0.25, 0.3) is 0 Å². The first-order chi connectivity index (χ1) is 11.8. The summed E-state index contributed by atoms with van der Waals surface area (Å²) in [6.45, 7) is 4.89. The van der Waals surface area contributed by atoms with E-state index in [1.54, 1.807) is 4.90 Å². The lowest BCUT2D eigenvalue weighted by Gasteiger charge is -2.18. The van der Waals surface area contributed by atoms with Crippen molar-refractivity contribution < 1.29 is 17.6 Å². The smallest absolute Gasteiger partial charge is 0.261 e. The van der Waals surface area contributed by atoms with Crippen molar-refractivity contribution in [3.63, 3.8) is 0 Å². The summed E-state index contributed by atoms with van der Waals surface area (Å²) in [5, 5.41) is -0.180. The van der Waals surface area contributed by atoms with Gasteiger partial charge < -0.3 is 4.90 Å². The second-order valence-corrected chi connectivity index (χ2v) is 7.33. The molecule has 0 bridgehead atoms. The highest BCUT2D eigenvalue weighted by Gasteiger charge is 2.17. The number of anilines is 1. The Morgan fingerprint density at radius 2 is 1.72 bits per heavy atom. The van der Waals surface area contributed by atoms with E-state index < -0.39 is 15.8 Å². The molecule has 0 heterocycles. The van der Waals surface area contributed by atoms with Gasteiger partial charge in [0.2, 0.25) is 0 Å². The number of amides is 1. The molecule has 0 fully saturated rings. The van der Waals surface area contributed by atoms with E-state index in [0.717, 1.165) is 6.07 Å². The zero-order valence-corrected chi connectivity index (χ0v) is 15.4. The fourth-order valence-corrected chi connectivity index (χ4v) is 3.47. The van der Waals surface area contributed by atoms with Gasteiger partial charge >= 0.3 is 0 Å². The summed E-state index contributed by atoms with van der Waals surface area (Å²) in [6.07, 6.45) is 0. The topological polar surface area (TPSA) is 66.5 Å². The molecule has 134 valence electrons. The summed E-state index contributed by atoms with van der Waals surface area (Å²) in [7, 11) is -3.87. The Hall–Kier alpha value is -2.12. The third-order valence-corrected chi connectivity index (χ3v) is 5.32. The van der Waals surface area contributed by atoms with Gasteiger partial charge in [-0.25, -0.2) is 12.8 Å². The van der Waals surface area contributed by atoms with Gasteiger partial charge in [-0.2, -0.15) is 0 Å². The van der Waals surface area contributed by atoms with Crippen molar-refractivity contribution in [1.82, 2.24) is 4.90 Å². The molecule has 0 aliphatic rings. The molecule has 2 aromatic rings. The van der Waals surface area contributed by atoms with E-state index in [1.807, 2.05) is 13.8 Å². The van der Waals surface area contributed by atoms with Gasteiger partial charge in [-0.1, -0.05) is 11.6 Å². The molecule has 0 saturated carbocycles. The first-order valence-corrected chi connectivity index (χ1v) is 9.51. The molecule has 5 nitrogen and oxygen atoms in total. The average Bonchev–Trinajstić information content (AvgIpc) is 2.59. The first kappa shape index (κ1) is 19.2. The van der Waals surface area contributed by atoms with Crippen molar-refractivity contribution >= 4 is 33.2 Å². The largest absolute Gasteiger partial charge is 0.339 e. The molecule has 1 N–H and O–H groups in total. The fourth-order valence-electron chi connectivity index (χ4n) is 2.24. The Bertz CT molecular complexity index is 866. The van der Waals surface area contributed by atoms with Crippen molar-refractivity contribution in [2.75, 3.05) is 17.8 Å². The fraction of sp³-hybridized carbons (Fsp3) is 0.235. The van der Waals surface area contributed by atoms with Gasteiger partial charge in [-0.15, -0.1) is 0 Å². The van der Waals surface area contributed by atoms with E-state index in [1.165, 1.54) is 36.4 Å². The molecule has 0 saturated heterocycles. The third kappa shape index (κ3) is 4.49. The van der Waals surface area contributed by atoms with E-state index in [4.69, 9.17) is 11.6 Å². The Balaban J connectivity index is 2.22. The number of rotatable bonds is 6. The minimum Gasteiger partial charge on any atom is -0.339 e. The summed E-state index contributed by atoms with van der Waals surface area (Å²) in [5.41, 5.74) is 0.558. The van der Waals surface area contributed by atoms with Crippen LogP contribution in [0.3, 0.4) is 0 Å². The molecule has 25 heavy (non-hydrogen) atoms. The van der Waals surface area contributed by atoms with Crippen molar-refractivity contribution in [3.05, 3.63) is 58.9 Å². The van der Waals surface area contributed by atoms with E-state index >= 15 is 0 Å². The summed E-state index contributed by atoms with van der Waals surface area (Å²) in [4.78, 5) is 13.9. The minimum absolute atomic E-state index is 0.0101. The molecule has 1 amide bonds. The molecule has 0 aliphatic carbocycles. The number of carbonyl (C=O) groups is 1. The van der Waals surface area contributed by atoms with Crippen LogP contribution in [0.2, 0.25) is 5.02 Å². The molecule has 0 spiro atoms. The maximum Gasteiger partial charge on any atom is 0.261 e. The summed E-state index contributed by atoms with van der Waals surface area (Å²) < 4.78 is 40.2. The van der Waals surface area contributed by atoms with Gasteiger partial charge in [0.25, 0.3) is 15.9 Å². The highest BCUT2D eigenvalue weighted by molar-refractivity contribution is 7.92. The Kier molecular flexibility index (Phi) is 6.02. The van der Waals surface area contributed by atoms with Crippen molar-refractivity contribution in [2.45, 2.75) is 18.7 Å². The van der Waals surface area contributed by atoms with Crippen LogP contribution in [0.15, 0.2) is 47.4 Å². The summed E-state index contributed by atoms with van der Waals surface area (Å²) >= 11 is 5.65. The van der Waals surface area contributed by atoms with Crippen LogP contribution in [-0.2, 0) is 10.0 Å². The molecule has 0 unspecified atom stereocenters. The molecule has 0 radical (unpaired) electrons. The number of sulfonamides is 1. The van der Waals surface area contributed by atoms with E-state index in [2.05, 4.69) is 4.72 Å². The lowest BCUT2D eigenvalue weighted by molar-refractivity contribution is 0.0773. The number of hydrogen-bond donors (Lipinski definition) is 1. The minimum atomic E-state index is -3.87. The SMILES string of the molecule is CCN(CC)C(=O)c1ccc(S(=O)(=O)Nc2ccc(F)c(Cl)c2)cc1. The monoisotopic (exact) mass is 384 g/mol. The maximum absolute atomic E-state index is 13.2. The van der Waals surface area contributed by atoms with Gasteiger partial charge in [0, 0.05) is 18.7 Å². The number of nitrogens with one attached hydrogen (secondary N) is 1. The van der Waals surface area contributed by atoms with Crippen molar-refractivity contribution in [2.24, 2.45) is 0 Å². The van der Waals surface area contributed by atoms with E-state index in [9.17, 15) is 17.6 Å². The summed E-state index contributed by atoms with van der Waals surface area (Å²) in [5.74, 6) is -0.795. The zero-order valence-electron chi connectivity index (χ0n) is 13.8. The lowest BCUT2D eigenvalue weighted by Crippen LogP contribution is -2.30. The standard InChI is InChI=1S/C17H18ClFN2O3S/c1-3-21(4-2)17(22)12-5-8-14(9-6-12)25(23,24)20-13-7-10-16(19)15(18)11-13/h5-11,20H,3-4H2,1-2H3. The Morgan fingerprint density at radius 1 is 1.12 bits per heavy atom. The van der Waals surface area contributed by atoms with Crippen LogP contribution < -0.4 is 4.72 Å². The number of hydrogen-bond acceptors (Lipinski definition) is 3. The molecule has 0 atom stereocenters. The van der Waals surface area contributed by atoms with Crippen molar-refractivity contribution in [3.8, 4) is 0 Å². The molecular weight excluding hydrogens is 367 g/mol. The van der Waals surface area contributed by atoms with Crippen LogP contribution in [0.4, 0.5) is 10.1 Å². The molecule has 2 aromatic carbocycles. The van der Waals surface area contributed by atoms with Gasteiger partial charge in [0.15, 0.2) is 0 Å². The van der Waals surface area contributed by atoms with Crippen LogP contribution in [0.5, 0.6) is 0 Å². The van der Waals surface area contributed by atoms with Gasteiger partial charge in [-0.05, 0) is 56.3 Å². The quantitative estimate of drug-likeness (QED) is 0.824. The van der Waals surface area contributed by atoms with Crippen molar-refractivity contribution in [1.29, 1.82) is 0 Å². The van der Waals surface area contributed by atoms with Gasteiger partial charge in [0.1, 0.15) is 5.82 Å². The molecule has 8 heteroatoms. The highest BCUT2D eigenvalue weighted by atomic mass is 35.5. The zero-order chi connectivity index (χ0) is 18.6. The van der Waals surface area contributed by atoms with Crippen LogP contribution in [0, 0.1) is 5.82 Å². The third-order valence-electron chi connectivity index (χ3n) is 3.63. The summed E-state index contributed by atoms with van der Waals surface area (Å²) in [6, 6.07) is 9.17. The predicted octanol–water partition coefficient (Wildman–Crippen LogP) is 3.76. The lowest BCUT2D eigenvalue weighted by atomic mass is 10.2. The second-order valence-electron chi connectivity index (χ2n) is 5.24. The molecule has 0 aliphatic heterocycles. The molecule has 2 rings (SSSR count). The molecular formula is C17H18ClFN2O3S. The number of nitrogens with zero attached hydrogens (tertiary/aromatic N) is 1. The number of carbonyl (C=O) groups excluding carboxylic acids is 1. The van der Waals surface area contributed by atoms with E-state index in [0.29, 0.717) is 18.7 Å². The number of halogens is 2. The maximum atomic E-state index is 13.2. The van der Waals surface area contributed by atoms with Gasteiger partial charge in [-0.3, -0.25) is 9.52 Å². The van der Waals surface area contributed by atoms with Crippen LogP contribution in [-0.4, -0.2) is 32.3 Å². The van der Waals surface area contributed by atoms with Crippen LogP contribution >= 0.6 is 11.6 Å².